The zero-order valence-corrected chi connectivity index (χ0v) is 10.8. The Bertz CT molecular complexity index is 543. The Hall–Kier alpha value is -2.10. The Morgan fingerprint density at radius 2 is 2.24 bits per heavy atom. The number of aliphatic carboxylic acids is 1. The van der Waals surface area contributed by atoms with Crippen LogP contribution in [0.2, 0.25) is 0 Å². The molecule has 1 aliphatic rings. The summed E-state index contributed by atoms with van der Waals surface area (Å²) in [6.07, 6.45) is -3.01. The summed E-state index contributed by atoms with van der Waals surface area (Å²) in [5, 5.41) is 11.1. The number of aromatic nitrogens is 2. The number of alkyl halides is 3. The maximum atomic E-state index is 12.0. The highest BCUT2D eigenvalue weighted by Crippen LogP contribution is 2.21. The number of nitrogens with zero attached hydrogens (tertiary/aromatic N) is 2. The molecule has 1 unspecified atom stereocenters. The molecule has 0 radical (unpaired) electrons. The van der Waals surface area contributed by atoms with Crippen LogP contribution in [0.1, 0.15) is 11.4 Å². The van der Waals surface area contributed by atoms with Gasteiger partial charge in [-0.05, 0) is 0 Å². The molecule has 1 aromatic rings. The Labute approximate surface area is 117 Å². The molecule has 2 rings (SSSR count). The van der Waals surface area contributed by atoms with Crippen LogP contribution in [0.25, 0.3) is 0 Å². The number of imidazole rings is 1. The van der Waals surface area contributed by atoms with Gasteiger partial charge in [0.25, 0.3) is 0 Å². The first kappa shape index (κ1) is 15.3. The zero-order valence-electron chi connectivity index (χ0n) is 10.8. The third-order valence-electron chi connectivity index (χ3n) is 3.11. The van der Waals surface area contributed by atoms with E-state index in [1.54, 1.807) is 0 Å². The maximum absolute atomic E-state index is 12.0. The number of carbonyl (C=O) groups is 2. The first-order chi connectivity index (χ1) is 9.78. The van der Waals surface area contributed by atoms with Crippen molar-refractivity contribution in [3.8, 4) is 0 Å². The van der Waals surface area contributed by atoms with Gasteiger partial charge < -0.3 is 20.3 Å². The molecule has 3 N–H and O–H groups in total. The second-order valence-electron chi connectivity index (χ2n) is 4.63. The van der Waals surface area contributed by atoms with Gasteiger partial charge in [0.2, 0.25) is 5.91 Å². The normalized spacial score (nSPS) is 18.4. The first-order valence-corrected chi connectivity index (χ1v) is 6.09. The highest BCUT2D eigenvalue weighted by molar-refractivity contribution is 5.85. The topological polar surface area (TPSA) is 98.3 Å². The molecule has 0 bridgehead atoms. The molecular weight excluding hydrogens is 293 g/mol. The van der Waals surface area contributed by atoms with E-state index < -0.39 is 37.2 Å². The number of rotatable bonds is 4. The summed E-state index contributed by atoms with van der Waals surface area (Å²) in [7, 11) is 0. The quantitative estimate of drug-likeness (QED) is 0.721. The molecule has 2 heterocycles. The molecule has 1 atom stereocenters. The van der Waals surface area contributed by atoms with Gasteiger partial charge in [0.1, 0.15) is 6.04 Å². The molecule has 1 aromatic heterocycles. The van der Waals surface area contributed by atoms with Gasteiger partial charge in [-0.3, -0.25) is 4.79 Å². The SMILES string of the molecule is O=C(O)C1Cc2nc[nH]c2CN1C(=O)CNCC(F)(F)F. The van der Waals surface area contributed by atoms with Crippen molar-refractivity contribution < 1.29 is 27.9 Å². The van der Waals surface area contributed by atoms with E-state index in [2.05, 4.69) is 9.97 Å². The molecule has 0 saturated carbocycles. The predicted octanol–water partition coefficient (Wildman–Crippen LogP) is -0.101. The van der Waals surface area contributed by atoms with E-state index in [0.29, 0.717) is 11.4 Å². The lowest BCUT2D eigenvalue weighted by molar-refractivity contribution is -0.152. The van der Waals surface area contributed by atoms with E-state index in [9.17, 15) is 22.8 Å². The Morgan fingerprint density at radius 1 is 1.52 bits per heavy atom. The summed E-state index contributed by atoms with van der Waals surface area (Å²) in [6, 6.07) is -1.12. The molecule has 21 heavy (non-hydrogen) atoms. The minimum atomic E-state index is -4.43. The Morgan fingerprint density at radius 3 is 2.86 bits per heavy atom. The number of hydrogen-bond donors (Lipinski definition) is 3. The number of halogens is 3. The summed E-state index contributed by atoms with van der Waals surface area (Å²) >= 11 is 0. The highest BCUT2D eigenvalue weighted by atomic mass is 19.4. The van der Waals surface area contributed by atoms with Crippen LogP contribution in [-0.4, -0.2) is 57.2 Å². The van der Waals surface area contributed by atoms with E-state index in [4.69, 9.17) is 5.11 Å². The number of fused-ring (bicyclic) bond motifs is 1. The van der Waals surface area contributed by atoms with E-state index in [1.807, 2.05) is 5.32 Å². The number of H-pyrrole nitrogens is 1. The van der Waals surface area contributed by atoms with Crippen LogP contribution in [0.15, 0.2) is 6.33 Å². The van der Waals surface area contributed by atoms with Crippen LogP contribution in [0, 0.1) is 0 Å². The van der Waals surface area contributed by atoms with Crippen LogP contribution < -0.4 is 5.32 Å². The Kier molecular flexibility index (Phi) is 4.16. The average molecular weight is 306 g/mol. The molecule has 0 saturated heterocycles. The number of carboxylic acids is 1. The van der Waals surface area contributed by atoms with Gasteiger partial charge in [-0.25, -0.2) is 9.78 Å². The third-order valence-corrected chi connectivity index (χ3v) is 3.11. The molecule has 116 valence electrons. The maximum Gasteiger partial charge on any atom is 0.401 e. The second kappa shape index (κ2) is 5.72. The summed E-state index contributed by atoms with van der Waals surface area (Å²) in [5.41, 5.74) is 1.14. The van der Waals surface area contributed by atoms with Crippen molar-refractivity contribution in [2.75, 3.05) is 13.1 Å². The Balaban J connectivity index is 2.02. The molecule has 0 fully saturated rings. The van der Waals surface area contributed by atoms with Gasteiger partial charge in [-0.1, -0.05) is 0 Å². The monoisotopic (exact) mass is 306 g/mol. The average Bonchev–Trinajstić information content (AvgIpc) is 2.82. The first-order valence-electron chi connectivity index (χ1n) is 6.09. The van der Waals surface area contributed by atoms with Crippen LogP contribution in [-0.2, 0) is 22.6 Å². The van der Waals surface area contributed by atoms with E-state index in [-0.39, 0.29) is 13.0 Å². The van der Waals surface area contributed by atoms with Gasteiger partial charge in [0.05, 0.1) is 37.3 Å². The summed E-state index contributed by atoms with van der Waals surface area (Å²) in [5.74, 6) is -1.92. The number of nitrogens with one attached hydrogen (secondary N) is 2. The van der Waals surface area contributed by atoms with Gasteiger partial charge >= 0.3 is 12.1 Å². The molecule has 0 aromatic carbocycles. The van der Waals surface area contributed by atoms with Crippen molar-refractivity contribution in [3.63, 3.8) is 0 Å². The number of hydrogen-bond acceptors (Lipinski definition) is 4. The fourth-order valence-electron chi connectivity index (χ4n) is 2.13. The molecule has 1 aliphatic heterocycles. The van der Waals surface area contributed by atoms with Crippen molar-refractivity contribution in [2.45, 2.75) is 25.2 Å². The van der Waals surface area contributed by atoms with Crippen molar-refractivity contribution in [3.05, 3.63) is 17.7 Å². The molecule has 0 spiro atoms. The van der Waals surface area contributed by atoms with Crippen LogP contribution >= 0.6 is 0 Å². The number of carboxylic acid groups (broad SMARTS) is 1. The largest absolute Gasteiger partial charge is 0.480 e. The predicted molar refractivity (Wildman–Crippen MR) is 63.2 cm³/mol. The lowest BCUT2D eigenvalue weighted by Gasteiger charge is -2.32. The lowest BCUT2D eigenvalue weighted by Crippen LogP contribution is -2.51. The van der Waals surface area contributed by atoms with Crippen LogP contribution in [0.3, 0.4) is 0 Å². The van der Waals surface area contributed by atoms with E-state index in [0.717, 1.165) is 4.90 Å². The van der Waals surface area contributed by atoms with Crippen molar-refractivity contribution in [1.82, 2.24) is 20.2 Å². The van der Waals surface area contributed by atoms with Crippen molar-refractivity contribution in [1.29, 1.82) is 0 Å². The van der Waals surface area contributed by atoms with E-state index >= 15 is 0 Å². The molecular formula is C11H13F3N4O3. The highest BCUT2D eigenvalue weighted by Gasteiger charge is 2.36. The smallest absolute Gasteiger partial charge is 0.401 e. The number of aromatic amines is 1. The lowest BCUT2D eigenvalue weighted by atomic mass is 10.0. The van der Waals surface area contributed by atoms with Gasteiger partial charge in [-0.15, -0.1) is 0 Å². The molecule has 1 amide bonds. The number of carbonyl (C=O) groups excluding carboxylic acids is 1. The third kappa shape index (κ3) is 3.72. The number of amides is 1. The summed E-state index contributed by atoms with van der Waals surface area (Å²) < 4.78 is 36.0. The van der Waals surface area contributed by atoms with E-state index in [1.165, 1.54) is 6.33 Å². The zero-order chi connectivity index (χ0) is 15.6. The summed E-state index contributed by atoms with van der Waals surface area (Å²) in [4.78, 5) is 30.9. The molecule has 10 heteroatoms. The van der Waals surface area contributed by atoms with Gasteiger partial charge in [0.15, 0.2) is 0 Å². The van der Waals surface area contributed by atoms with Gasteiger partial charge in [-0.2, -0.15) is 13.2 Å². The fraction of sp³-hybridized carbons (Fsp3) is 0.545. The van der Waals surface area contributed by atoms with Crippen LogP contribution in [0.4, 0.5) is 13.2 Å². The second-order valence-corrected chi connectivity index (χ2v) is 4.63. The van der Waals surface area contributed by atoms with Crippen molar-refractivity contribution >= 4 is 11.9 Å². The van der Waals surface area contributed by atoms with Gasteiger partial charge in [0, 0.05) is 6.42 Å². The standard InChI is InChI=1S/C11H13F3N4O3/c12-11(13,14)4-15-2-9(19)18-3-7-6(16-5-17-7)1-8(18)10(20)21/h5,8,15H,1-4H2,(H,16,17)(H,20,21). The minimum absolute atomic E-state index is 0.0150. The molecule has 0 aliphatic carbocycles. The fourth-order valence-corrected chi connectivity index (χ4v) is 2.13. The van der Waals surface area contributed by atoms with Crippen LogP contribution in [0.5, 0.6) is 0 Å². The minimum Gasteiger partial charge on any atom is -0.480 e. The summed E-state index contributed by atoms with van der Waals surface area (Å²) in [6.45, 7) is -1.90. The van der Waals surface area contributed by atoms with Crippen molar-refractivity contribution in [2.24, 2.45) is 0 Å². The molecule has 7 nitrogen and oxygen atoms in total.